The molecule has 0 aliphatic carbocycles. The number of urea groups is 1. The van der Waals surface area contributed by atoms with Crippen molar-refractivity contribution in [2.75, 3.05) is 31.7 Å². The van der Waals surface area contributed by atoms with Crippen LogP contribution in [0.15, 0.2) is 24.3 Å². The molecule has 2 rings (SSSR count). The van der Waals surface area contributed by atoms with E-state index in [0.717, 1.165) is 13.2 Å². The quantitative estimate of drug-likeness (QED) is 0.593. The van der Waals surface area contributed by atoms with E-state index in [1.807, 2.05) is 0 Å². The van der Waals surface area contributed by atoms with E-state index in [4.69, 9.17) is 4.74 Å². The summed E-state index contributed by atoms with van der Waals surface area (Å²) in [4.78, 5) is 23.2. The summed E-state index contributed by atoms with van der Waals surface area (Å²) in [5.41, 5.74) is 1.09. The summed E-state index contributed by atoms with van der Waals surface area (Å²) in [7, 11) is 0. The molecule has 1 aliphatic heterocycles. The molecule has 1 aromatic rings. The number of anilines is 1. The number of hydrogen-bond acceptors (Lipinski definition) is 5. The number of ether oxygens (including phenoxy) is 1. The first-order chi connectivity index (χ1) is 10.2. The zero-order valence-electron chi connectivity index (χ0n) is 11.9. The van der Waals surface area contributed by atoms with E-state index in [9.17, 15) is 9.59 Å². The Hall–Kier alpha value is -2.12. The van der Waals surface area contributed by atoms with Crippen LogP contribution in [0.4, 0.5) is 10.5 Å². The van der Waals surface area contributed by atoms with Gasteiger partial charge in [-0.15, -0.1) is 0 Å². The molecule has 0 radical (unpaired) electrons. The number of hydrogen-bond donors (Lipinski definition) is 4. The largest absolute Gasteiger partial charge is 0.462 e. The van der Waals surface area contributed by atoms with Gasteiger partial charge in [0.25, 0.3) is 0 Å². The van der Waals surface area contributed by atoms with Crippen LogP contribution in [0.25, 0.3) is 0 Å². The molecule has 2 amide bonds. The van der Waals surface area contributed by atoms with Crippen LogP contribution in [0.2, 0.25) is 0 Å². The van der Waals surface area contributed by atoms with Gasteiger partial charge in [-0.05, 0) is 31.2 Å². The Morgan fingerprint density at radius 1 is 1.33 bits per heavy atom. The summed E-state index contributed by atoms with van der Waals surface area (Å²) in [6.45, 7) is 4.26. The molecule has 1 fully saturated rings. The molecule has 1 atom stereocenters. The van der Waals surface area contributed by atoms with Crippen molar-refractivity contribution in [2.45, 2.75) is 13.0 Å². The predicted molar refractivity (Wildman–Crippen MR) is 79.2 cm³/mol. The number of esters is 1. The molecule has 0 saturated carbocycles. The first-order valence-electron chi connectivity index (χ1n) is 6.95. The van der Waals surface area contributed by atoms with Gasteiger partial charge in [0.05, 0.1) is 12.2 Å². The number of benzene rings is 1. The zero-order valence-corrected chi connectivity index (χ0v) is 11.9. The van der Waals surface area contributed by atoms with Gasteiger partial charge in [-0.25, -0.2) is 9.59 Å². The fourth-order valence-corrected chi connectivity index (χ4v) is 1.97. The fourth-order valence-electron chi connectivity index (χ4n) is 1.97. The van der Waals surface area contributed by atoms with E-state index in [1.165, 1.54) is 0 Å². The van der Waals surface area contributed by atoms with Crippen molar-refractivity contribution in [2.24, 2.45) is 0 Å². The van der Waals surface area contributed by atoms with Crippen molar-refractivity contribution < 1.29 is 14.3 Å². The number of amides is 2. The van der Waals surface area contributed by atoms with Crippen LogP contribution >= 0.6 is 0 Å². The third-order valence-corrected chi connectivity index (χ3v) is 3.07. The molecule has 1 aliphatic rings. The van der Waals surface area contributed by atoms with Gasteiger partial charge >= 0.3 is 12.0 Å². The molecule has 7 nitrogen and oxygen atoms in total. The lowest BCUT2D eigenvalue weighted by Crippen LogP contribution is -2.40. The van der Waals surface area contributed by atoms with Crippen molar-refractivity contribution in [3.05, 3.63) is 29.8 Å². The summed E-state index contributed by atoms with van der Waals surface area (Å²) in [6, 6.07) is 6.56. The molecule has 1 aromatic carbocycles. The highest BCUT2D eigenvalue weighted by atomic mass is 16.5. The highest BCUT2D eigenvalue weighted by Gasteiger charge is 2.14. The fraction of sp³-hybridized carbons (Fsp3) is 0.429. The van der Waals surface area contributed by atoms with Crippen molar-refractivity contribution in [1.82, 2.24) is 16.0 Å². The molecule has 0 bridgehead atoms. The van der Waals surface area contributed by atoms with E-state index in [2.05, 4.69) is 21.3 Å². The van der Waals surface area contributed by atoms with E-state index in [-0.39, 0.29) is 18.0 Å². The lowest BCUT2D eigenvalue weighted by molar-refractivity contribution is 0.0526. The van der Waals surface area contributed by atoms with Gasteiger partial charge in [0.1, 0.15) is 0 Å². The van der Waals surface area contributed by atoms with Crippen LogP contribution in [0, 0.1) is 0 Å². The normalized spacial score (nSPS) is 17.3. The molecule has 7 heteroatoms. The standard InChI is InChI=1S/C14H20N4O3/c1-2-21-13(19)10-3-5-11(6-4-10)18-14(20)16-8-12-7-15-9-17-12/h3-6,12,15,17H,2,7-9H2,1H3,(H2,16,18,20). The minimum absolute atomic E-state index is 0.252. The molecular weight excluding hydrogens is 272 g/mol. The molecule has 114 valence electrons. The van der Waals surface area contributed by atoms with Crippen molar-refractivity contribution in [1.29, 1.82) is 0 Å². The van der Waals surface area contributed by atoms with E-state index in [0.29, 0.717) is 24.4 Å². The second-order valence-electron chi connectivity index (χ2n) is 4.66. The van der Waals surface area contributed by atoms with Gasteiger partial charge in [-0.2, -0.15) is 0 Å². The Kier molecular flexibility index (Phi) is 5.53. The first kappa shape index (κ1) is 15.3. The van der Waals surface area contributed by atoms with Gasteiger partial charge in [-0.3, -0.25) is 5.32 Å². The maximum absolute atomic E-state index is 11.7. The smallest absolute Gasteiger partial charge is 0.338 e. The highest BCUT2D eigenvalue weighted by Crippen LogP contribution is 2.10. The number of carbonyl (C=O) groups excluding carboxylic acids is 2. The molecule has 0 aromatic heterocycles. The number of carbonyl (C=O) groups is 2. The Balaban J connectivity index is 1.79. The monoisotopic (exact) mass is 292 g/mol. The molecule has 1 saturated heterocycles. The van der Waals surface area contributed by atoms with Gasteiger partial charge < -0.3 is 20.7 Å². The summed E-state index contributed by atoms with van der Waals surface area (Å²) in [6.07, 6.45) is 0. The highest BCUT2D eigenvalue weighted by molar-refractivity contribution is 5.92. The average molecular weight is 292 g/mol. The minimum Gasteiger partial charge on any atom is -0.462 e. The summed E-state index contributed by atoms with van der Waals surface area (Å²) >= 11 is 0. The van der Waals surface area contributed by atoms with Crippen LogP contribution < -0.4 is 21.3 Å². The van der Waals surface area contributed by atoms with E-state index < -0.39 is 0 Å². The topological polar surface area (TPSA) is 91.5 Å². The number of nitrogens with one attached hydrogen (secondary N) is 4. The first-order valence-corrected chi connectivity index (χ1v) is 6.95. The SMILES string of the molecule is CCOC(=O)c1ccc(NC(=O)NCC2CNCN2)cc1. The lowest BCUT2D eigenvalue weighted by Gasteiger charge is -2.12. The van der Waals surface area contributed by atoms with Crippen molar-refractivity contribution in [3.63, 3.8) is 0 Å². The molecular formula is C14H20N4O3. The van der Waals surface area contributed by atoms with Gasteiger partial charge in [0.2, 0.25) is 0 Å². The van der Waals surface area contributed by atoms with Crippen molar-refractivity contribution >= 4 is 17.7 Å². The van der Waals surface area contributed by atoms with E-state index >= 15 is 0 Å². The zero-order chi connectivity index (χ0) is 15.1. The average Bonchev–Trinajstić information content (AvgIpc) is 2.99. The third-order valence-electron chi connectivity index (χ3n) is 3.07. The minimum atomic E-state index is -0.367. The van der Waals surface area contributed by atoms with Crippen molar-refractivity contribution in [3.8, 4) is 0 Å². The summed E-state index contributed by atoms with van der Waals surface area (Å²) in [5, 5.41) is 11.8. The molecule has 0 spiro atoms. The predicted octanol–water partition coefficient (Wildman–Crippen LogP) is 0.504. The number of rotatable bonds is 5. The van der Waals surface area contributed by atoms with Crippen LogP contribution in [0.5, 0.6) is 0 Å². The maximum atomic E-state index is 11.7. The Labute approximate surface area is 123 Å². The Bertz CT molecular complexity index is 483. The molecule has 1 unspecified atom stereocenters. The van der Waals surface area contributed by atoms with Gasteiger partial charge in [0.15, 0.2) is 0 Å². The van der Waals surface area contributed by atoms with Gasteiger partial charge in [0, 0.05) is 31.5 Å². The molecule has 1 heterocycles. The second kappa shape index (κ2) is 7.61. The lowest BCUT2D eigenvalue weighted by atomic mass is 10.2. The van der Waals surface area contributed by atoms with Gasteiger partial charge in [-0.1, -0.05) is 0 Å². The van der Waals surface area contributed by atoms with Crippen LogP contribution in [-0.2, 0) is 4.74 Å². The summed E-state index contributed by atoms with van der Waals surface area (Å²) < 4.78 is 4.89. The van der Waals surface area contributed by atoms with Crippen LogP contribution in [0.3, 0.4) is 0 Å². The van der Waals surface area contributed by atoms with Crippen LogP contribution in [-0.4, -0.2) is 44.4 Å². The second-order valence-corrected chi connectivity index (χ2v) is 4.66. The Morgan fingerprint density at radius 2 is 2.10 bits per heavy atom. The summed E-state index contributed by atoms with van der Waals surface area (Å²) in [5.74, 6) is -0.367. The third kappa shape index (κ3) is 4.73. The van der Waals surface area contributed by atoms with Crippen LogP contribution in [0.1, 0.15) is 17.3 Å². The maximum Gasteiger partial charge on any atom is 0.338 e. The molecule has 4 N–H and O–H groups in total. The molecule has 21 heavy (non-hydrogen) atoms. The van der Waals surface area contributed by atoms with E-state index in [1.54, 1.807) is 31.2 Å². The Morgan fingerprint density at radius 3 is 2.71 bits per heavy atom.